The molecule has 6 heteroatoms. The minimum atomic E-state index is -0.140. The summed E-state index contributed by atoms with van der Waals surface area (Å²) >= 11 is 1.69. The molecule has 0 fully saturated rings. The van der Waals surface area contributed by atoms with Crippen LogP contribution in [0.5, 0.6) is 11.5 Å². The summed E-state index contributed by atoms with van der Waals surface area (Å²) in [6.07, 6.45) is 1.03. The van der Waals surface area contributed by atoms with Gasteiger partial charge in [-0.15, -0.1) is 0 Å². The molecule has 156 valence electrons. The number of fused-ring (bicyclic) bond motifs is 1. The summed E-state index contributed by atoms with van der Waals surface area (Å²) < 4.78 is 10.9. The Hall–Kier alpha value is -2.83. The van der Waals surface area contributed by atoms with Crippen LogP contribution in [0.15, 0.2) is 65.4 Å². The maximum Gasteiger partial charge on any atom is 0.258 e. The molecule has 1 aliphatic heterocycles. The average Bonchev–Trinajstić information content (AvgIpc) is 3.32. The van der Waals surface area contributed by atoms with Crippen LogP contribution in [0.1, 0.15) is 22.7 Å². The molecule has 0 spiro atoms. The van der Waals surface area contributed by atoms with Gasteiger partial charge in [-0.25, -0.2) is 0 Å². The van der Waals surface area contributed by atoms with Gasteiger partial charge in [0.25, 0.3) is 5.91 Å². The highest BCUT2D eigenvalue weighted by Crippen LogP contribution is 2.29. The molecule has 0 radical (unpaired) electrons. The van der Waals surface area contributed by atoms with Crippen LogP contribution in [0.4, 0.5) is 0 Å². The Morgan fingerprint density at radius 2 is 1.87 bits per heavy atom. The van der Waals surface area contributed by atoms with Crippen molar-refractivity contribution in [3.63, 3.8) is 0 Å². The first-order valence-electron chi connectivity index (χ1n) is 10.1. The number of methoxy groups -OCH3 is 1. The molecule has 0 bridgehead atoms. The quantitative estimate of drug-likeness (QED) is 0.595. The number of hydrogen-bond donors (Lipinski definition) is 1. The lowest BCUT2D eigenvalue weighted by molar-refractivity contribution is -0.123. The van der Waals surface area contributed by atoms with Gasteiger partial charge in [0.05, 0.1) is 13.2 Å². The van der Waals surface area contributed by atoms with Crippen LogP contribution in [-0.2, 0) is 17.8 Å². The van der Waals surface area contributed by atoms with Gasteiger partial charge in [0.15, 0.2) is 18.1 Å². The van der Waals surface area contributed by atoms with Crippen LogP contribution >= 0.6 is 11.3 Å². The van der Waals surface area contributed by atoms with Gasteiger partial charge in [-0.05, 0) is 52.1 Å². The zero-order valence-electron chi connectivity index (χ0n) is 17.0. The van der Waals surface area contributed by atoms with Crippen LogP contribution < -0.4 is 14.8 Å². The summed E-state index contributed by atoms with van der Waals surface area (Å²) in [6, 6.07) is 18.2. The van der Waals surface area contributed by atoms with E-state index in [4.69, 9.17) is 9.47 Å². The monoisotopic (exact) mass is 422 g/mol. The zero-order valence-corrected chi connectivity index (χ0v) is 17.9. The van der Waals surface area contributed by atoms with Gasteiger partial charge in [-0.1, -0.05) is 36.4 Å². The smallest absolute Gasteiger partial charge is 0.258 e. The SMILES string of the molecule is COc1ccccc1OCC(=O)NC[C@H](c1ccsc1)N1CCc2ccccc2C1. The summed E-state index contributed by atoms with van der Waals surface area (Å²) in [6.45, 7) is 2.38. The van der Waals surface area contributed by atoms with E-state index in [1.54, 1.807) is 24.5 Å². The van der Waals surface area contributed by atoms with Gasteiger partial charge < -0.3 is 14.8 Å². The molecule has 1 atom stereocenters. The molecule has 0 saturated heterocycles. The molecule has 0 saturated carbocycles. The van der Waals surface area contributed by atoms with E-state index in [0.717, 1.165) is 19.5 Å². The van der Waals surface area contributed by atoms with E-state index in [-0.39, 0.29) is 18.6 Å². The van der Waals surface area contributed by atoms with Crippen molar-refractivity contribution in [1.82, 2.24) is 10.2 Å². The van der Waals surface area contributed by atoms with Crippen molar-refractivity contribution in [3.8, 4) is 11.5 Å². The molecule has 1 aliphatic rings. The third kappa shape index (κ3) is 4.83. The van der Waals surface area contributed by atoms with Gasteiger partial charge in [0, 0.05) is 19.6 Å². The summed E-state index contributed by atoms with van der Waals surface area (Å²) in [5.74, 6) is 1.05. The fraction of sp³-hybridized carbons (Fsp3) is 0.292. The Morgan fingerprint density at radius 3 is 2.63 bits per heavy atom. The molecular weight excluding hydrogens is 396 g/mol. The highest BCUT2D eigenvalue weighted by Gasteiger charge is 2.25. The number of benzene rings is 2. The fourth-order valence-electron chi connectivity index (χ4n) is 3.85. The first-order valence-corrected chi connectivity index (χ1v) is 11.0. The van der Waals surface area contributed by atoms with Crippen molar-refractivity contribution < 1.29 is 14.3 Å². The molecule has 1 N–H and O–H groups in total. The van der Waals surface area contributed by atoms with E-state index >= 15 is 0 Å². The van der Waals surface area contributed by atoms with Gasteiger partial charge in [0.1, 0.15) is 0 Å². The van der Waals surface area contributed by atoms with Crippen molar-refractivity contribution in [2.45, 2.75) is 19.0 Å². The predicted octanol–water partition coefficient (Wildman–Crippen LogP) is 4.05. The number of hydrogen-bond acceptors (Lipinski definition) is 5. The summed E-state index contributed by atoms with van der Waals surface area (Å²) in [5, 5.41) is 7.32. The molecular formula is C24H26N2O3S. The first kappa shape index (κ1) is 20.4. The molecule has 3 aromatic rings. The zero-order chi connectivity index (χ0) is 20.8. The van der Waals surface area contributed by atoms with Crippen LogP contribution in [0.2, 0.25) is 0 Å². The maximum absolute atomic E-state index is 12.5. The summed E-state index contributed by atoms with van der Waals surface area (Å²) in [7, 11) is 1.59. The summed E-state index contributed by atoms with van der Waals surface area (Å²) in [4.78, 5) is 14.9. The molecule has 1 amide bonds. The second kappa shape index (κ2) is 9.78. The van der Waals surface area contributed by atoms with E-state index in [2.05, 4.69) is 51.3 Å². The average molecular weight is 423 g/mol. The fourth-order valence-corrected chi connectivity index (χ4v) is 4.56. The van der Waals surface area contributed by atoms with Crippen LogP contribution in [0.3, 0.4) is 0 Å². The van der Waals surface area contributed by atoms with Crippen LogP contribution in [0.25, 0.3) is 0 Å². The standard InChI is InChI=1S/C24H26N2O3S/c1-28-22-8-4-5-9-23(22)29-16-24(27)25-14-21(20-11-13-30-17-20)26-12-10-18-6-2-3-7-19(18)15-26/h2-9,11,13,17,21H,10,12,14-16H2,1H3,(H,25,27)/t21-/m1/s1. The largest absolute Gasteiger partial charge is 0.493 e. The van der Waals surface area contributed by atoms with Crippen LogP contribution in [-0.4, -0.2) is 37.6 Å². The molecule has 1 aromatic heterocycles. The molecule has 2 heterocycles. The molecule has 5 nitrogen and oxygen atoms in total. The number of ether oxygens (including phenoxy) is 2. The Morgan fingerprint density at radius 1 is 1.10 bits per heavy atom. The highest BCUT2D eigenvalue weighted by atomic mass is 32.1. The minimum Gasteiger partial charge on any atom is -0.493 e. The van der Waals surface area contributed by atoms with Gasteiger partial charge in [0.2, 0.25) is 0 Å². The third-order valence-corrected chi connectivity index (χ3v) is 6.15. The van der Waals surface area contributed by atoms with E-state index in [1.807, 2.05) is 18.2 Å². The topological polar surface area (TPSA) is 50.8 Å². The van der Waals surface area contributed by atoms with Crippen molar-refractivity contribution in [1.29, 1.82) is 0 Å². The second-order valence-electron chi connectivity index (χ2n) is 7.31. The number of amides is 1. The third-order valence-electron chi connectivity index (χ3n) is 5.45. The molecule has 0 unspecified atom stereocenters. The van der Waals surface area contributed by atoms with Gasteiger partial charge in [-0.2, -0.15) is 11.3 Å². The number of carbonyl (C=O) groups is 1. The van der Waals surface area contributed by atoms with Crippen molar-refractivity contribution in [2.75, 3.05) is 26.8 Å². The van der Waals surface area contributed by atoms with E-state index in [9.17, 15) is 4.79 Å². The van der Waals surface area contributed by atoms with Gasteiger partial charge in [-0.3, -0.25) is 9.69 Å². The molecule has 4 rings (SSSR count). The molecule has 30 heavy (non-hydrogen) atoms. The van der Waals surface area contributed by atoms with E-state index < -0.39 is 0 Å². The van der Waals surface area contributed by atoms with E-state index in [1.165, 1.54) is 16.7 Å². The lowest BCUT2D eigenvalue weighted by Crippen LogP contribution is -2.41. The van der Waals surface area contributed by atoms with Gasteiger partial charge >= 0.3 is 0 Å². The number of carbonyl (C=O) groups excluding carboxylic acids is 1. The summed E-state index contributed by atoms with van der Waals surface area (Å²) in [5.41, 5.74) is 4.03. The second-order valence-corrected chi connectivity index (χ2v) is 8.09. The molecule has 0 aliphatic carbocycles. The number of rotatable bonds is 8. The normalized spacial score (nSPS) is 14.6. The Bertz CT molecular complexity index is 974. The lowest BCUT2D eigenvalue weighted by Gasteiger charge is -2.35. The molecule has 2 aromatic carbocycles. The number of nitrogens with one attached hydrogen (secondary N) is 1. The maximum atomic E-state index is 12.5. The lowest BCUT2D eigenvalue weighted by atomic mass is 9.97. The van der Waals surface area contributed by atoms with Crippen molar-refractivity contribution >= 4 is 17.2 Å². The Kier molecular flexibility index (Phi) is 6.67. The van der Waals surface area contributed by atoms with Crippen LogP contribution in [0, 0.1) is 0 Å². The number of para-hydroxylation sites is 2. The Balaban J connectivity index is 1.38. The van der Waals surface area contributed by atoms with Crippen molar-refractivity contribution in [3.05, 3.63) is 82.0 Å². The van der Waals surface area contributed by atoms with Crippen molar-refractivity contribution in [2.24, 2.45) is 0 Å². The first-order chi connectivity index (χ1) is 14.7. The highest BCUT2D eigenvalue weighted by molar-refractivity contribution is 7.07. The minimum absolute atomic E-state index is 0.0421. The Labute approximate surface area is 181 Å². The van der Waals surface area contributed by atoms with E-state index in [0.29, 0.717) is 18.0 Å². The number of thiophene rings is 1. The number of nitrogens with zero attached hydrogens (tertiary/aromatic N) is 1. The predicted molar refractivity (Wildman–Crippen MR) is 119 cm³/mol.